The first-order valence-corrected chi connectivity index (χ1v) is 15.1. The summed E-state index contributed by atoms with van der Waals surface area (Å²) >= 11 is 0. The number of sulfone groups is 1. The molecule has 0 bridgehead atoms. The molecule has 2 aromatic carbocycles. The number of carbonyl (C=O) groups excluding carboxylic acids is 1. The number of hydrogen-bond donors (Lipinski definition) is 1. The molecule has 2 heterocycles. The van der Waals surface area contributed by atoms with E-state index in [-0.39, 0.29) is 10.8 Å². The zero-order valence-electron chi connectivity index (χ0n) is 22.3. The maximum Gasteiger partial charge on any atom is 0.253 e. The fourth-order valence-electron chi connectivity index (χ4n) is 5.15. The van der Waals surface area contributed by atoms with Crippen molar-refractivity contribution in [1.29, 1.82) is 0 Å². The summed E-state index contributed by atoms with van der Waals surface area (Å²) in [5, 5.41) is 2.96. The smallest absolute Gasteiger partial charge is 0.253 e. The van der Waals surface area contributed by atoms with Gasteiger partial charge in [0, 0.05) is 71.5 Å². The number of anilines is 3. The topological polar surface area (TPSA) is 82.2 Å². The lowest BCUT2D eigenvalue weighted by molar-refractivity contribution is 0.0949. The Balaban J connectivity index is 1.66. The van der Waals surface area contributed by atoms with Crippen LogP contribution < -0.4 is 20.0 Å². The van der Waals surface area contributed by atoms with Crippen molar-refractivity contribution >= 4 is 32.8 Å². The monoisotopic (exact) mass is 528 g/mol. The Morgan fingerprint density at radius 2 is 1.57 bits per heavy atom. The number of piperidine rings is 1. The van der Waals surface area contributed by atoms with Crippen LogP contribution in [0.15, 0.2) is 47.4 Å². The van der Waals surface area contributed by atoms with Crippen molar-refractivity contribution < 1.29 is 17.9 Å². The lowest BCUT2D eigenvalue weighted by atomic mass is 9.97. The van der Waals surface area contributed by atoms with Gasteiger partial charge in [0.25, 0.3) is 5.91 Å². The van der Waals surface area contributed by atoms with Crippen LogP contribution in [0.5, 0.6) is 0 Å². The number of benzene rings is 2. The largest absolute Gasteiger partial charge is 0.385 e. The number of para-hydroxylation sites is 1. The number of methoxy groups -OCH3 is 1. The van der Waals surface area contributed by atoms with Crippen molar-refractivity contribution in [3.63, 3.8) is 0 Å². The van der Waals surface area contributed by atoms with Crippen molar-refractivity contribution in [2.75, 3.05) is 80.5 Å². The molecule has 2 aliphatic rings. The van der Waals surface area contributed by atoms with E-state index in [1.807, 2.05) is 24.3 Å². The Bertz CT molecular complexity index is 1160. The van der Waals surface area contributed by atoms with E-state index >= 15 is 0 Å². The van der Waals surface area contributed by atoms with E-state index in [0.29, 0.717) is 49.8 Å². The molecule has 0 radical (unpaired) electrons. The Kier molecular flexibility index (Phi) is 8.97. The molecule has 0 saturated carbocycles. The molecule has 202 valence electrons. The lowest BCUT2D eigenvalue weighted by Gasteiger charge is -2.39. The molecule has 2 aromatic rings. The van der Waals surface area contributed by atoms with Crippen LogP contribution in [0.1, 0.15) is 36.5 Å². The molecule has 2 fully saturated rings. The van der Waals surface area contributed by atoms with Gasteiger partial charge in [-0.15, -0.1) is 0 Å². The quantitative estimate of drug-likeness (QED) is 0.500. The van der Waals surface area contributed by atoms with Crippen LogP contribution in [0.2, 0.25) is 0 Å². The van der Waals surface area contributed by atoms with Gasteiger partial charge in [-0.3, -0.25) is 4.79 Å². The molecular formula is C28H40N4O4S. The second-order valence-electron chi connectivity index (χ2n) is 10.2. The third kappa shape index (κ3) is 6.76. The number of hydrogen-bond acceptors (Lipinski definition) is 7. The van der Waals surface area contributed by atoms with Gasteiger partial charge in [0.2, 0.25) is 0 Å². The van der Waals surface area contributed by atoms with Gasteiger partial charge >= 0.3 is 0 Å². The number of amides is 1. The molecule has 1 amide bonds. The van der Waals surface area contributed by atoms with E-state index in [1.54, 1.807) is 13.2 Å². The fourth-order valence-corrected chi connectivity index (χ4v) is 6.05. The molecule has 37 heavy (non-hydrogen) atoms. The molecular weight excluding hydrogens is 488 g/mol. The SMILES string of the molecule is COCCCNC(=O)c1cc(S(C)(=O)=O)c(N2CCN(c3ccccc3)CC2)cc1N1CCC(C)CC1. The van der Waals surface area contributed by atoms with Crippen LogP contribution in [0, 0.1) is 5.92 Å². The van der Waals surface area contributed by atoms with Crippen LogP contribution in [-0.4, -0.2) is 80.1 Å². The minimum Gasteiger partial charge on any atom is -0.385 e. The standard InChI is InChI=1S/C28H40N4O4S/c1-22-10-13-31(14-11-22)25-21-26(32-17-15-30(16-18-32)23-8-5-4-6-9-23)27(37(3,34)35)20-24(25)28(33)29-12-7-19-36-2/h4-6,8-9,20-22H,7,10-19H2,1-3H3,(H,29,33). The summed E-state index contributed by atoms with van der Waals surface area (Å²) < 4.78 is 31.1. The number of piperazine rings is 1. The van der Waals surface area contributed by atoms with Gasteiger partial charge in [0.05, 0.1) is 21.8 Å². The predicted molar refractivity (Wildman–Crippen MR) is 150 cm³/mol. The van der Waals surface area contributed by atoms with Crippen molar-refractivity contribution in [3.05, 3.63) is 48.0 Å². The van der Waals surface area contributed by atoms with Crippen molar-refractivity contribution in [2.24, 2.45) is 5.92 Å². The second-order valence-corrected chi connectivity index (χ2v) is 12.2. The summed E-state index contributed by atoms with van der Waals surface area (Å²) in [6.45, 7) is 7.99. The highest BCUT2D eigenvalue weighted by atomic mass is 32.2. The lowest BCUT2D eigenvalue weighted by Crippen LogP contribution is -2.47. The molecule has 2 saturated heterocycles. The van der Waals surface area contributed by atoms with Crippen molar-refractivity contribution in [1.82, 2.24) is 5.32 Å². The van der Waals surface area contributed by atoms with Crippen LogP contribution in [0.3, 0.4) is 0 Å². The van der Waals surface area contributed by atoms with Crippen molar-refractivity contribution in [3.8, 4) is 0 Å². The Labute approximate surface area is 221 Å². The second kappa shape index (κ2) is 12.2. The van der Waals surface area contributed by atoms with E-state index in [1.165, 1.54) is 11.9 Å². The average Bonchev–Trinajstić information content (AvgIpc) is 2.91. The molecule has 8 nitrogen and oxygen atoms in total. The van der Waals surface area contributed by atoms with E-state index < -0.39 is 9.84 Å². The Morgan fingerprint density at radius 1 is 0.946 bits per heavy atom. The maximum absolute atomic E-state index is 13.3. The van der Waals surface area contributed by atoms with Gasteiger partial charge < -0.3 is 24.8 Å². The minimum absolute atomic E-state index is 0.219. The highest BCUT2D eigenvalue weighted by Gasteiger charge is 2.29. The summed E-state index contributed by atoms with van der Waals surface area (Å²) in [6, 6.07) is 13.8. The molecule has 1 N–H and O–H groups in total. The highest BCUT2D eigenvalue weighted by Crippen LogP contribution is 2.36. The minimum atomic E-state index is -3.56. The summed E-state index contributed by atoms with van der Waals surface area (Å²) in [6.07, 6.45) is 4.03. The fraction of sp³-hybridized carbons (Fsp3) is 0.536. The zero-order chi connectivity index (χ0) is 26.4. The van der Waals surface area contributed by atoms with E-state index in [9.17, 15) is 13.2 Å². The van der Waals surface area contributed by atoms with E-state index in [4.69, 9.17) is 4.74 Å². The van der Waals surface area contributed by atoms with E-state index in [2.05, 4.69) is 39.1 Å². The molecule has 9 heteroatoms. The zero-order valence-corrected chi connectivity index (χ0v) is 23.1. The van der Waals surface area contributed by atoms with Gasteiger partial charge in [0.15, 0.2) is 9.84 Å². The summed E-state index contributed by atoms with van der Waals surface area (Å²) in [5.41, 5.74) is 3.12. The number of rotatable bonds is 9. The molecule has 0 aliphatic carbocycles. The summed E-state index contributed by atoms with van der Waals surface area (Å²) in [4.78, 5) is 20.3. The number of nitrogens with one attached hydrogen (secondary N) is 1. The molecule has 4 rings (SSSR count). The van der Waals surface area contributed by atoms with Crippen molar-refractivity contribution in [2.45, 2.75) is 31.1 Å². The third-order valence-corrected chi connectivity index (χ3v) is 8.52. The summed E-state index contributed by atoms with van der Waals surface area (Å²) in [7, 11) is -1.93. The van der Waals surface area contributed by atoms with Gasteiger partial charge in [-0.25, -0.2) is 8.42 Å². The number of nitrogens with zero attached hydrogens (tertiary/aromatic N) is 3. The van der Waals surface area contributed by atoms with Crippen LogP contribution in [-0.2, 0) is 14.6 Å². The van der Waals surface area contributed by atoms with Crippen LogP contribution in [0.4, 0.5) is 17.1 Å². The highest BCUT2D eigenvalue weighted by molar-refractivity contribution is 7.90. The first-order chi connectivity index (χ1) is 17.8. The molecule has 0 spiro atoms. The molecule has 0 atom stereocenters. The Morgan fingerprint density at radius 3 is 2.19 bits per heavy atom. The number of ether oxygens (including phenoxy) is 1. The third-order valence-electron chi connectivity index (χ3n) is 7.40. The van der Waals surface area contributed by atoms with Crippen LogP contribution >= 0.6 is 0 Å². The van der Waals surface area contributed by atoms with Gasteiger partial charge in [0.1, 0.15) is 0 Å². The molecule has 0 aromatic heterocycles. The normalized spacial score (nSPS) is 17.2. The van der Waals surface area contributed by atoms with E-state index in [0.717, 1.165) is 44.7 Å². The Hall–Kier alpha value is -2.78. The first-order valence-electron chi connectivity index (χ1n) is 13.2. The average molecular weight is 529 g/mol. The first kappa shape index (κ1) is 27.3. The number of carbonyl (C=O) groups is 1. The maximum atomic E-state index is 13.3. The van der Waals surface area contributed by atoms with Gasteiger partial charge in [-0.2, -0.15) is 0 Å². The van der Waals surface area contributed by atoms with Crippen LogP contribution in [0.25, 0.3) is 0 Å². The van der Waals surface area contributed by atoms with Gasteiger partial charge in [-0.05, 0) is 49.4 Å². The predicted octanol–water partition coefficient (Wildman–Crippen LogP) is 3.42. The van der Waals surface area contributed by atoms with Gasteiger partial charge in [-0.1, -0.05) is 25.1 Å². The molecule has 2 aliphatic heterocycles. The summed E-state index contributed by atoms with van der Waals surface area (Å²) in [5.74, 6) is 0.401. The molecule has 0 unspecified atom stereocenters.